The van der Waals surface area contributed by atoms with E-state index < -0.39 is 11.8 Å². The monoisotopic (exact) mass is 390 g/mol. The number of nitrogens with zero attached hydrogens (tertiary/aromatic N) is 4. The minimum atomic E-state index is -0.827. The molecule has 0 radical (unpaired) electrons. The fourth-order valence-corrected chi connectivity index (χ4v) is 2.85. The normalized spacial score (nSPS) is 12.3. The number of aliphatic hydroxyl groups excluding tert-OH is 1. The van der Waals surface area contributed by atoms with Gasteiger partial charge in [0.2, 0.25) is 5.89 Å². The molecule has 8 nitrogen and oxygen atoms in total. The Morgan fingerprint density at radius 1 is 1.26 bits per heavy atom. The lowest BCUT2D eigenvalue weighted by atomic mass is 10.1. The van der Waals surface area contributed by atoms with E-state index in [2.05, 4.69) is 10.1 Å². The van der Waals surface area contributed by atoms with Crippen molar-refractivity contribution in [2.45, 2.75) is 32.4 Å². The van der Waals surface area contributed by atoms with Gasteiger partial charge in [0.15, 0.2) is 5.82 Å². The van der Waals surface area contributed by atoms with Crippen molar-refractivity contribution in [2.75, 3.05) is 0 Å². The second kappa shape index (κ2) is 7.89. The second-order valence-corrected chi connectivity index (χ2v) is 6.60. The van der Waals surface area contributed by atoms with Crippen LogP contribution in [0, 0.1) is 0 Å². The first-order valence-electron chi connectivity index (χ1n) is 8.43. The van der Waals surface area contributed by atoms with Crippen LogP contribution in [0.15, 0.2) is 44.6 Å². The van der Waals surface area contributed by atoms with Crippen LogP contribution in [0.25, 0.3) is 0 Å². The molecule has 2 heterocycles. The minimum Gasteiger partial charge on any atom is -0.388 e. The fourth-order valence-electron chi connectivity index (χ4n) is 2.73. The molecule has 0 aliphatic carbocycles. The Morgan fingerprint density at radius 3 is 2.63 bits per heavy atom. The van der Waals surface area contributed by atoms with E-state index in [9.17, 15) is 14.7 Å². The zero-order chi connectivity index (χ0) is 19.6. The van der Waals surface area contributed by atoms with Crippen LogP contribution in [0.3, 0.4) is 0 Å². The van der Waals surface area contributed by atoms with E-state index in [4.69, 9.17) is 16.1 Å². The predicted molar refractivity (Wildman–Crippen MR) is 98.8 cm³/mol. The summed E-state index contributed by atoms with van der Waals surface area (Å²) >= 11 is 5.84. The largest absolute Gasteiger partial charge is 0.388 e. The van der Waals surface area contributed by atoms with E-state index in [-0.39, 0.29) is 30.2 Å². The molecule has 0 spiro atoms. The van der Waals surface area contributed by atoms with Gasteiger partial charge in [-0.15, -0.1) is 0 Å². The van der Waals surface area contributed by atoms with Crippen molar-refractivity contribution in [2.24, 2.45) is 7.05 Å². The molecule has 1 N–H and O–H groups in total. The number of aliphatic hydroxyl groups is 1. The molecule has 27 heavy (non-hydrogen) atoms. The number of aromatic nitrogens is 4. The van der Waals surface area contributed by atoms with Gasteiger partial charge in [-0.2, -0.15) is 4.98 Å². The smallest absolute Gasteiger partial charge is 0.331 e. The Morgan fingerprint density at radius 2 is 1.96 bits per heavy atom. The van der Waals surface area contributed by atoms with Crippen molar-refractivity contribution >= 4 is 11.6 Å². The Balaban J connectivity index is 1.79. The molecular weight excluding hydrogens is 372 g/mol. The number of hydrogen-bond acceptors (Lipinski definition) is 6. The van der Waals surface area contributed by atoms with Gasteiger partial charge in [-0.3, -0.25) is 9.36 Å². The van der Waals surface area contributed by atoms with Gasteiger partial charge in [0.1, 0.15) is 6.54 Å². The van der Waals surface area contributed by atoms with Gasteiger partial charge in [-0.25, -0.2) is 4.79 Å². The summed E-state index contributed by atoms with van der Waals surface area (Å²) in [6.07, 6.45) is 1.34. The van der Waals surface area contributed by atoms with Crippen molar-refractivity contribution in [3.05, 3.63) is 79.2 Å². The van der Waals surface area contributed by atoms with Crippen LogP contribution in [0.5, 0.6) is 0 Å². The highest BCUT2D eigenvalue weighted by Gasteiger charge is 2.16. The summed E-state index contributed by atoms with van der Waals surface area (Å²) < 4.78 is 7.56. The van der Waals surface area contributed by atoms with Gasteiger partial charge in [0.25, 0.3) is 5.56 Å². The third kappa shape index (κ3) is 4.17. The molecule has 1 atom stereocenters. The highest BCUT2D eigenvalue weighted by Crippen LogP contribution is 2.19. The highest BCUT2D eigenvalue weighted by molar-refractivity contribution is 6.30. The third-order valence-electron chi connectivity index (χ3n) is 4.22. The van der Waals surface area contributed by atoms with E-state index in [1.54, 1.807) is 31.3 Å². The lowest BCUT2D eigenvalue weighted by Crippen LogP contribution is -2.40. The molecule has 0 aliphatic heterocycles. The number of benzene rings is 1. The summed E-state index contributed by atoms with van der Waals surface area (Å²) in [7, 11) is 1.58. The SMILES string of the molecule is CCc1cn(C)c(=O)n(Cc2nc(C[C@H](O)c3ccc(Cl)cc3)no2)c1=O. The molecule has 0 aliphatic rings. The molecule has 0 unspecified atom stereocenters. The van der Waals surface area contributed by atoms with Crippen LogP contribution in [0.4, 0.5) is 0 Å². The summed E-state index contributed by atoms with van der Waals surface area (Å²) in [6, 6.07) is 6.80. The fraction of sp³-hybridized carbons (Fsp3) is 0.333. The van der Waals surface area contributed by atoms with Gasteiger partial charge in [0, 0.05) is 30.3 Å². The van der Waals surface area contributed by atoms with Crippen molar-refractivity contribution in [1.82, 2.24) is 19.3 Å². The van der Waals surface area contributed by atoms with E-state index in [0.29, 0.717) is 22.6 Å². The maximum Gasteiger partial charge on any atom is 0.331 e. The van der Waals surface area contributed by atoms with Crippen molar-refractivity contribution in [1.29, 1.82) is 0 Å². The first-order chi connectivity index (χ1) is 12.9. The summed E-state index contributed by atoms with van der Waals surface area (Å²) in [5.41, 5.74) is 0.362. The number of aryl methyl sites for hydroxylation is 2. The topological polar surface area (TPSA) is 103 Å². The molecule has 3 rings (SSSR count). The number of rotatable bonds is 6. The first kappa shape index (κ1) is 19.1. The van der Waals surface area contributed by atoms with E-state index in [1.165, 1.54) is 10.8 Å². The van der Waals surface area contributed by atoms with Crippen LogP contribution in [0.2, 0.25) is 5.02 Å². The van der Waals surface area contributed by atoms with E-state index in [0.717, 1.165) is 4.57 Å². The van der Waals surface area contributed by atoms with Gasteiger partial charge in [0.05, 0.1) is 6.10 Å². The average molecular weight is 391 g/mol. The number of halogens is 1. The van der Waals surface area contributed by atoms with Crippen LogP contribution < -0.4 is 11.2 Å². The summed E-state index contributed by atoms with van der Waals surface area (Å²) in [4.78, 5) is 28.8. The molecule has 0 fully saturated rings. The van der Waals surface area contributed by atoms with E-state index in [1.807, 2.05) is 6.92 Å². The molecule has 1 aromatic carbocycles. The maximum absolute atomic E-state index is 12.4. The molecular formula is C18H19ClN4O4. The Bertz CT molecular complexity index is 1050. The summed E-state index contributed by atoms with van der Waals surface area (Å²) in [5.74, 6) is 0.407. The number of hydrogen-bond donors (Lipinski definition) is 1. The highest BCUT2D eigenvalue weighted by atomic mass is 35.5. The van der Waals surface area contributed by atoms with Crippen LogP contribution in [-0.4, -0.2) is 24.4 Å². The Kier molecular flexibility index (Phi) is 5.57. The Hall–Kier alpha value is -2.71. The van der Waals surface area contributed by atoms with Gasteiger partial charge < -0.3 is 14.2 Å². The zero-order valence-electron chi connectivity index (χ0n) is 14.9. The van der Waals surface area contributed by atoms with Gasteiger partial charge >= 0.3 is 5.69 Å². The summed E-state index contributed by atoms with van der Waals surface area (Å²) in [5, 5.41) is 14.7. The second-order valence-electron chi connectivity index (χ2n) is 6.17. The molecule has 2 aromatic heterocycles. The predicted octanol–water partition coefficient (Wildman–Crippen LogP) is 1.47. The lowest BCUT2D eigenvalue weighted by molar-refractivity contribution is 0.174. The molecule has 3 aromatic rings. The maximum atomic E-state index is 12.4. The molecule has 0 saturated carbocycles. The lowest BCUT2D eigenvalue weighted by Gasteiger charge is -2.08. The average Bonchev–Trinajstić information content (AvgIpc) is 3.09. The van der Waals surface area contributed by atoms with Crippen LogP contribution in [0.1, 0.15) is 35.9 Å². The summed E-state index contributed by atoms with van der Waals surface area (Å²) in [6.45, 7) is 1.72. The van der Waals surface area contributed by atoms with Crippen LogP contribution >= 0.6 is 11.6 Å². The molecule has 0 bridgehead atoms. The molecule has 0 saturated heterocycles. The van der Waals surface area contributed by atoms with Crippen molar-refractivity contribution in [3.63, 3.8) is 0 Å². The minimum absolute atomic E-state index is 0.122. The zero-order valence-corrected chi connectivity index (χ0v) is 15.7. The van der Waals surface area contributed by atoms with Crippen LogP contribution in [-0.2, 0) is 26.4 Å². The van der Waals surface area contributed by atoms with Gasteiger partial charge in [-0.1, -0.05) is 35.8 Å². The quantitative estimate of drug-likeness (QED) is 0.683. The van der Waals surface area contributed by atoms with E-state index >= 15 is 0 Å². The van der Waals surface area contributed by atoms with Gasteiger partial charge in [-0.05, 0) is 24.1 Å². The van der Waals surface area contributed by atoms with Crippen molar-refractivity contribution in [3.8, 4) is 0 Å². The molecule has 142 valence electrons. The Labute approximate surface area is 159 Å². The molecule has 9 heteroatoms. The third-order valence-corrected chi connectivity index (χ3v) is 4.47. The first-order valence-corrected chi connectivity index (χ1v) is 8.81. The van der Waals surface area contributed by atoms with Crippen molar-refractivity contribution < 1.29 is 9.63 Å². The molecule has 0 amide bonds. The standard InChI is InChI=1S/C18H19ClN4O4/c1-3-11-9-22(2)18(26)23(17(11)25)10-16-20-15(21-27-16)8-14(24)12-4-6-13(19)7-5-12/h4-7,9,14,24H,3,8,10H2,1-2H3/t14-/m0/s1.